The number of hydrogen-bond acceptors (Lipinski definition) is 4. The third kappa shape index (κ3) is 4.78. The molecule has 1 aromatic rings. The lowest BCUT2D eigenvalue weighted by Crippen LogP contribution is -2.47. The Morgan fingerprint density at radius 3 is 2.50 bits per heavy atom. The molecule has 2 N–H and O–H groups in total. The van der Waals surface area contributed by atoms with Crippen molar-refractivity contribution in [2.45, 2.75) is 38.5 Å². The van der Waals surface area contributed by atoms with Crippen LogP contribution in [0.5, 0.6) is 5.75 Å². The molecule has 20 heavy (non-hydrogen) atoms. The minimum Gasteiger partial charge on any atom is -0.497 e. The van der Waals surface area contributed by atoms with Crippen molar-refractivity contribution in [2.24, 2.45) is 0 Å². The molecule has 1 rings (SSSR count). The van der Waals surface area contributed by atoms with Gasteiger partial charge in [0.2, 0.25) is 0 Å². The SMILES string of the molecule is COc1cccc(C(CNC(C)C(C)(C)O)N(C)C)c1. The summed E-state index contributed by atoms with van der Waals surface area (Å²) in [6, 6.07) is 8.36. The number of nitrogens with one attached hydrogen (secondary N) is 1. The van der Waals surface area contributed by atoms with Gasteiger partial charge in [0.15, 0.2) is 0 Å². The molecule has 0 saturated heterocycles. The van der Waals surface area contributed by atoms with Crippen LogP contribution in [-0.2, 0) is 0 Å². The predicted molar refractivity (Wildman–Crippen MR) is 83.2 cm³/mol. The van der Waals surface area contributed by atoms with Crippen LogP contribution in [0.3, 0.4) is 0 Å². The molecule has 0 aliphatic heterocycles. The van der Waals surface area contributed by atoms with Crippen molar-refractivity contribution in [2.75, 3.05) is 27.7 Å². The summed E-state index contributed by atoms with van der Waals surface area (Å²) in [7, 11) is 5.79. The van der Waals surface area contributed by atoms with Gasteiger partial charge in [-0.05, 0) is 52.6 Å². The van der Waals surface area contributed by atoms with Crippen LogP contribution in [-0.4, -0.2) is 49.4 Å². The quantitative estimate of drug-likeness (QED) is 0.802. The monoisotopic (exact) mass is 280 g/mol. The van der Waals surface area contributed by atoms with E-state index in [4.69, 9.17) is 4.74 Å². The number of nitrogens with zero attached hydrogens (tertiary/aromatic N) is 1. The number of ether oxygens (including phenoxy) is 1. The number of methoxy groups -OCH3 is 1. The molecule has 0 aromatic heterocycles. The zero-order chi connectivity index (χ0) is 15.3. The molecule has 0 bridgehead atoms. The Morgan fingerprint density at radius 2 is 2.00 bits per heavy atom. The average Bonchev–Trinajstić information content (AvgIpc) is 2.37. The molecule has 0 aliphatic rings. The average molecular weight is 280 g/mol. The standard InChI is InChI=1S/C16H28N2O2/c1-12(16(2,3)19)17-11-15(18(4)5)13-8-7-9-14(10-13)20-6/h7-10,12,15,17,19H,11H2,1-6H3. The van der Waals surface area contributed by atoms with E-state index in [0.29, 0.717) is 0 Å². The molecule has 0 fully saturated rings. The first kappa shape index (κ1) is 17.0. The van der Waals surface area contributed by atoms with Crippen molar-refractivity contribution >= 4 is 0 Å². The lowest BCUT2D eigenvalue weighted by molar-refractivity contribution is 0.0419. The van der Waals surface area contributed by atoms with Crippen LogP contribution in [0.4, 0.5) is 0 Å². The first-order valence-corrected chi connectivity index (χ1v) is 7.02. The first-order chi connectivity index (χ1) is 9.25. The summed E-state index contributed by atoms with van der Waals surface area (Å²) < 4.78 is 5.29. The van der Waals surface area contributed by atoms with Gasteiger partial charge in [-0.1, -0.05) is 12.1 Å². The zero-order valence-corrected chi connectivity index (χ0v) is 13.5. The molecule has 1 aromatic carbocycles. The van der Waals surface area contributed by atoms with Gasteiger partial charge in [-0.3, -0.25) is 0 Å². The summed E-state index contributed by atoms with van der Waals surface area (Å²) in [6.07, 6.45) is 0. The fourth-order valence-corrected chi connectivity index (χ4v) is 1.99. The Labute approximate surface area is 122 Å². The predicted octanol–water partition coefficient (Wildman–Crippen LogP) is 2.05. The zero-order valence-electron chi connectivity index (χ0n) is 13.5. The van der Waals surface area contributed by atoms with Crippen LogP contribution in [0.1, 0.15) is 32.4 Å². The summed E-state index contributed by atoms with van der Waals surface area (Å²) in [6.45, 7) is 6.41. The van der Waals surface area contributed by atoms with Gasteiger partial charge in [-0.15, -0.1) is 0 Å². The normalized spacial score (nSPS) is 15.2. The summed E-state index contributed by atoms with van der Waals surface area (Å²) in [5.41, 5.74) is 0.468. The maximum atomic E-state index is 9.99. The van der Waals surface area contributed by atoms with Gasteiger partial charge in [-0.25, -0.2) is 0 Å². The molecule has 0 saturated carbocycles. The fraction of sp³-hybridized carbons (Fsp3) is 0.625. The molecule has 0 heterocycles. The lowest BCUT2D eigenvalue weighted by atomic mass is 9.99. The van der Waals surface area contributed by atoms with Gasteiger partial charge in [0.05, 0.1) is 12.7 Å². The van der Waals surface area contributed by atoms with E-state index >= 15 is 0 Å². The van der Waals surface area contributed by atoms with Crippen molar-refractivity contribution in [3.63, 3.8) is 0 Å². The van der Waals surface area contributed by atoms with Crippen LogP contribution in [0.25, 0.3) is 0 Å². The Balaban J connectivity index is 2.79. The third-order valence-electron chi connectivity index (χ3n) is 3.78. The van der Waals surface area contributed by atoms with Crippen LogP contribution >= 0.6 is 0 Å². The molecule has 0 aliphatic carbocycles. The molecule has 0 spiro atoms. The second kappa shape index (κ2) is 7.07. The Kier molecular flexibility index (Phi) is 5.99. The van der Waals surface area contributed by atoms with E-state index in [1.807, 2.05) is 32.9 Å². The van der Waals surface area contributed by atoms with Gasteiger partial charge >= 0.3 is 0 Å². The van der Waals surface area contributed by atoms with E-state index in [-0.39, 0.29) is 12.1 Å². The summed E-state index contributed by atoms with van der Waals surface area (Å²) in [5.74, 6) is 0.866. The second-order valence-electron chi connectivity index (χ2n) is 6.04. The van der Waals surface area contributed by atoms with E-state index in [1.165, 1.54) is 5.56 Å². The smallest absolute Gasteiger partial charge is 0.119 e. The van der Waals surface area contributed by atoms with Gasteiger partial charge in [0, 0.05) is 18.6 Å². The van der Waals surface area contributed by atoms with Crippen LogP contribution in [0.15, 0.2) is 24.3 Å². The Morgan fingerprint density at radius 1 is 1.35 bits per heavy atom. The molecule has 114 valence electrons. The number of rotatable bonds is 7. The minimum atomic E-state index is -0.731. The van der Waals surface area contributed by atoms with Crippen molar-refractivity contribution in [3.8, 4) is 5.75 Å². The van der Waals surface area contributed by atoms with E-state index in [0.717, 1.165) is 12.3 Å². The topological polar surface area (TPSA) is 44.7 Å². The van der Waals surface area contributed by atoms with E-state index in [2.05, 4.69) is 36.4 Å². The maximum Gasteiger partial charge on any atom is 0.119 e. The highest BCUT2D eigenvalue weighted by Gasteiger charge is 2.23. The highest BCUT2D eigenvalue weighted by atomic mass is 16.5. The van der Waals surface area contributed by atoms with Gasteiger partial charge in [0.1, 0.15) is 5.75 Å². The number of likely N-dealkylation sites (N-methyl/N-ethyl adjacent to an activating group) is 1. The highest BCUT2D eigenvalue weighted by Crippen LogP contribution is 2.22. The van der Waals surface area contributed by atoms with Gasteiger partial charge in [-0.2, -0.15) is 0 Å². The lowest BCUT2D eigenvalue weighted by Gasteiger charge is -2.31. The molecular formula is C16H28N2O2. The Bertz CT molecular complexity index is 413. The van der Waals surface area contributed by atoms with Gasteiger partial charge in [0.25, 0.3) is 0 Å². The van der Waals surface area contributed by atoms with Gasteiger partial charge < -0.3 is 20.1 Å². The molecule has 0 radical (unpaired) electrons. The number of hydrogen-bond donors (Lipinski definition) is 2. The third-order valence-corrected chi connectivity index (χ3v) is 3.78. The Hall–Kier alpha value is -1.10. The molecule has 4 nitrogen and oxygen atoms in total. The van der Waals surface area contributed by atoms with Crippen molar-refractivity contribution in [1.29, 1.82) is 0 Å². The summed E-state index contributed by atoms with van der Waals surface area (Å²) in [5, 5.41) is 13.4. The molecule has 4 heteroatoms. The van der Waals surface area contributed by atoms with Crippen molar-refractivity contribution < 1.29 is 9.84 Å². The molecule has 2 atom stereocenters. The van der Waals surface area contributed by atoms with Crippen LogP contribution in [0, 0.1) is 0 Å². The van der Waals surface area contributed by atoms with Crippen molar-refractivity contribution in [3.05, 3.63) is 29.8 Å². The second-order valence-corrected chi connectivity index (χ2v) is 6.04. The molecule has 2 unspecified atom stereocenters. The van der Waals surface area contributed by atoms with E-state index in [1.54, 1.807) is 7.11 Å². The molecular weight excluding hydrogens is 252 g/mol. The summed E-state index contributed by atoms with van der Waals surface area (Å²) in [4.78, 5) is 2.17. The van der Waals surface area contributed by atoms with Crippen molar-refractivity contribution in [1.82, 2.24) is 10.2 Å². The van der Waals surface area contributed by atoms with Crippen LogP contribution in [0.2, 0.25) is 0 Å². The van der Waals surface area contributed by atoms with Crippen LogP contribution < -0.4 is 10.1 Å². The van der Waals surface area contributed by atoms with E-state index in [9.17, 15) is 5.11 Å². The summed E-state index contributed by atoms with van der Waals surface area (Å²) >= 11 is 0. The largest absolute Gasteiger partial charge is 0.497 e. The molecule has 0 amide bonds. The number of benzene rings is 1. The highest BCUT2D eigenvalue weighted by molar-refractivity contribution is 5.30. The van der Waals surface area contributed by atoms with E-state index < -0.39 is 5.60 Å². The minimum absolute atomic E-state index is 0.0237. The first-order valence-electron chi connectivity index (χ1n) is 7.02. The number of aliphatic hydroxyl groups is 1. The maximum absolute atomic E-state index is 9.99. The fourth-order valence-electron chi connectivity index (χ4n) is 1.99.